The number of ether oxygens (including phenoxy) is 1. The van der Waals surface area contributed by atoms with E-state index in [1.807, 2.05) is 6.92 Å². The van der Waals surface area contributed by atoms with Gasteiger partial charge in [0, 0.05) is 6.54 Å². The second kappa shape index (κ2) is 6.17. The van der Waals surface area contributed by atoms with Gasteiger partial charge in [-0.05, 0) is 20.3 Å². The van der Waals surface area contributed by atoms with Gasteiger partial charge >= 0.3 is 6.01 Å². The van der Waals surface area contributed by atoms with E-state index in [0.29, 0.717) is 11.9 Å². The summed E-state index contributed by atoms with van der Waals surface area (Å²) in [6, 6.07) is 0.136. The van der Waals surface area contributed by atoms with E-state index in [9.17, 15) is 0 Å². The number of nitrogens with one attached hydrogen (secondary N) is 1. The van der Waals surface area contributed by atoms with E-state index in [0.717, 1.165) is 13.0 Å². The fourth-order valence-corrected chi connectivity index (χ4v) is 1.38. The minimum Gasteiger partial charge on any atom is -0.444 e. The molecule has 0 saturated carbocycles. The van der Waals surface area contributed by atoms with Gasteiger partial charge in [-0.25, -0.2) is 4.98 Å². The molecular formula is C13H17N7O. The molecule has 0 bridgehead atoms. The minimum absolute atomic E-state index is 0.136. The largest absolute Gasteiger partial charge is 0.444 e. The van der Waals surface area contributed by atoms with Crippen LogP contribution >= 0.6 is 0 Å². The summed E-state index contributed by atoms with van der Waals surface area (Å²) in [5.41, 5.74) is -0.816. The third-order valence-corrected chi connectivity index (χ3v) is 2.45. The second-order valence-corrected chi connectivity index (χ2v) is 4.77. The van der Waals surface area contributed by atoms with Gasteiger partial charge in [0.25, 0.3) is 5.95 Å². The van der Waals surface area contributed by atoms with Gasteiger partial charge in [0.1, 0.15) is 12.7 Å². The predicted octanol–water partition coefficient (Wildman–Crippen LogP) is 1.06. The average molecular weight is 287 g/mol. The Labute approximate surface area is 123 Å². The molecule has 2 aromatic heterocycles. The van der Waals surface area contributed by atoms with Crippen LogP contribution in [-0.2, 0) is 0 Å². The van der Waals surface area contributed by atoms with E-state index in [4.69, 9.17) is 11.2 Å². The summed E-state index contributed by atoms with van der Waals surface area (Å²) in [4.78, 5) is 16.5. The number of hydrogen-bond acceptors (Lipinski definition) is 7. The highest BCUT2D eigenvalue weighted by molar-refractivity contribution is 5.30. The van der Waals surface area contributed by atoms with Gasteiger partial charge in [0.05, 0.1) is 0 Å². The molecule has 0 fully saturated rings. The predicted molar refractivity (Wildman–Crippen MR) is 77.1 cm³/mol. The molecule has 0 aliphatic rings. The van der Waals surface area contributed by atoms with Crippen LogP contribution in [0.4, 0.5) is 5.95 Å². The van der Waals surface area contributed by atoms with Crippen molar-refractivity contribution in [3.63, 3.8) is 0 Å². The van der Waals surface area contributed by atoms with Crippen LogP contribution in [0, 0.1) is 12.3 Å². The van der Waals surface area contributed by atoms with E-state index in [1.54, 1.807) is 13.8 Å². The first-order chi connectivity index (χ1) is 10.0. The SMILES string of the molecule is C#CC(C)(C)Oc1nc(NCCC)nc(-n2cncn2)n1. The lowest BCUT2D eigenvalue weighted by Gasteiger charge is -2.18. The van der Waals surface area contributed by atoms with E-state index < -0.39 is 5.60 Å². The maximum Gasteiger partial charge on any atom is 0.324 e. The molecule has 0 spiro atoms. The Kier molecular flexibility index (Phi) is 4.33. The van der Waals surface area contributed by atoms with Crippen molar-refractivity contribution >= 4 is 5.95 Å². The van der Waals surface area contributed by atoms with Crippen molar-refractivity contribution < 1.29 is 4.74 Å². The molecule has 0 aliphatic carbocycles. The first kappa shape index (κ1) is 14.7. The summed E-state index contributed by atoms with van der Waals surface area (Å²) in [6.45, 7) is 6.29. The summed E-state index contributed by atoms with van der Waals surface area (Å²) in [5, 5.41) is 7.08. The Hall–Kier alpha value is -2.69. The van der Waals surface area contributed by atoms with Crippen LogP contribution in [0.1, 0.15) is 27.2 Å². The van der Waals surface area contributed by atoms with Crippen LogP contribution in [0.25, 0.3) is 5.95 Å². The van der Waals surface area contributed by atoms with E-state index in [1.165, 1.54) is 17.3 Å². The van der Waals surface area contributed by atoms with Gasteiger partial charge in [-0.1, -0.05) is 12.8 Å². The van der Waals surface area contributed by atoms with Crippen molar-refractivity contribution in [2.45, 2.75) is 32.8 Å². The lowest BCUT2D eigenvalue weighted by Crippen LogP contribution is -2.27. The highest BCUT2D eigenvalue weighted by Gasteiger charge is 2.19. The van der Waals surface area contributed by atoms with Crippen LogP contribution in [0.5, 0.6) is 6.01 Å². The topological polar surface area (TPSA) is 90.6 Å². The van der Waals surface area contributed by atoms with Crippen molar-refractivity contribution in [1.29, 1.82) is 0 Å². The van der Waals surface area contributed by atoms with Crippen LogP contribution in [0.2, 0.25) is 0 Å². The summed E-state index contributed by atoms with van der Waals surface area (Å²) >= 11 is 0. The molecule has 0 unspecified atom stereocenters. The monoisotopic (exact) mass is 287 g/mol. The van der Waals surface area contributed by atoms with Crippen molar-refractivity contribution in [3.8, 4) is 24.3 Å². The number of rotatable bonds is 6. The van der Waals surface area contributed by atoms with Crippen LogP contribution in [-0.4, -0.2) is 41.9 Å². The number of terminal acetylenes is 1. The molecule has 2 aromatic rings. The maximum atomic E-state index is 5.61. The van der Waals surface area contributed by atoms with E-state index in [2.05, 4.69) is 36.3 Å². The van der Waals surface area contributed by atoms with Gasteiger partial charge in [0.2, 0.25) is 5.95 Å². The number of nitrogens with zero attached hydrogens (tertiary/aromatic N) is 6. The van der Waals surface area contributed by atoms with Gasteiger partial charge in [-0.15, -0.1) is 6.42 Å². The zero-order chi connectivity index (χ0) is 15.3. The Morgan fingerprint density at radius 3 is 2.81 bits per heavy atom. The zero-order valence-electron chi connectivity index (χ0n) is 12.2. The lowest BCUT2D eigenvalue weighted by molar-refractivity contribution is 0.156. The summed E-state index contributed by atoms with van der Waals surface area (Å²) in [6.07, 6.45) is 9.25. The normalized spacial score (nSPS) is 11.0. The molecule has 110 valence electrons. The third kappa shape index (κ3) is 3.89. The van der Waals surface area contributed by atoms with E-state index in [-0.39, 0.29) is 6.01 Å². The molecule has 2 rings (SSSR count). The smallest absolute Gasteiger partial charge is 0.324 e. The molecule has 8 heteroatoms. The summed E-state index contributed by atoms with van der Waals surface area (Å²) < 4.78 is 7.04. The zero-order valence-corrected chi connectivity index (χ0v) is 12.2. The van der Waals surface area contributed by atoms with Gasteiger partial charge in [-0.2, -0.15) is 24.7 Å². The lowest BCUT2D eigenvalue weighted by atomic mass is 10.2. The fourth-order valence-electron chi connectivity index (χ4n) is 1.38. The maximum absolute atomic E-state index is 5.61. The highest BCUT2D eigenvalue weighted by Crippen LogP contribution is 2.16. The van der Waals surface area contributed by atoms with Gasteiger partial charge in [0.15, 0.2) is 5.60 Å². The van der Waals surface area contributed by atoms with Crippen LogP contribution in [0.3, 0.4) is 0 Å². The van der Waals surface area contributed by atoms with Gasteiger partial charge < -0.3 is 10.1 Å². The molecule has 1 N–H and O–H groups in total. The minimum atomic E-state index is -0.816. The average Bonchev–Trinajstić information content (AvgIpc) is 2.98. The summed E-state index contributed by atoms with van der Waals surface area (Å²) in [7, 11) is 0. The molecule has 8 nitrogen and oxygen atoms in total. The van der Waals surface area contributed by atoms with Crippen molar-refractivity contribution in [3.05, 3.63) is 12.7 Å². The first-order valence-corrected chi connectivity index (χ1v) is 6.56. The molecule has 0 aromatic carbocycles. The molecule has 2 heterocycles. The molecule has 0 amide bonds. The van der Waals surface area contributed by atoms with Gasteiger partial charge in [-0.3, -0.25) is 0 Å². The third-order valence-electron chi connectivity index (χ3n) is 2.45. The number of aromatic nitrogens is 6. The van der Waals surface area contributed by atoms with Crippen molar-refractivity contribution in [1.82, 2.24) is 29.7 Å². The van der Waals surface area contributed by atoms with Crippen molar-refractivity contribution in [2.24, 2.45) is 0 Å². The molecule has 0 saturated heterocycles. The molecular weight excluding hydrogens is 270 g/mol. The fraction of sp³-hybridized carbons (Fsp3) is 0.462. The Morgan fingerprint density at radius 2 is 2.19 bits per heavy atom. The number of anilines is 1. The molecule has 0 aliphatic heterocycles. The van der Waals surface area contributed by atoms with Crippen molar-refractivity contribution in [2.75, 3.05) is 11.9 Å². The Bertz CT molecular complexity index is 630. The van der Waals surface area contributed by atoms with Crippen LogP contribution in [0.15, 0.2) is 12.7 Å². The molecule has 0 radical (unpaired) electrons. The standard InChI is InChI=1S/C13H17N7O/c1-5-7-15-10-17-11(20-9-14-8-16-20)19-12(18-10)21-13(3,4)6-2/h2,8-9H,5,7H2,1,3-4H3,(H,15,17,18,19). The number of hydrogen-bond donors (Lipinski definition) is 1. The highest BCUT2D eigenvalue weighted by atomic mass is 16.5. The quantitative estimate of drug-likeness (QED) is 0.794. The second-order valence-electron chi connectivity index (χ2n) is 4.77. The van der Waals surface area contributed by atoms with E-state index >= 15 is 0 Å². The Morgan fingerprint density at radius 1 is 1.38 bits per heavy atom. The van der Waals surface area contributed by atoms with Crippen LogP contribution < -0.4 is 10.1 Å². The molecule has 21 heavy (non-hydrogen) atoms. The molecule has 0 atom stereocenters. The summed E-state index contributed by atoms with van der Waals surface area (Å²) in [5.74, 6) is 3.24. The first-order valence-electron chi connectivity index (χ1n) is 6.56. The Balaban J connectivity index is 2.35.